The highest BCUT2D eigenvalue weighted by molar-refractivity contribution is 5.46. The predicted molar refractivity (Wildman–Crippen MR) is 72.7 cm³/mol. The van der Waals surface area contributed by atoms with Crippen molar-refractivity contribution in [1.29, 1.82) is 0 Å². The molecule has 0 aliphatic rings. The Labute approximate surface area is 120 Å². The number of nitrogens with zero attached hydrogens (tertiary/aromatic N) is 2. The number of benzene rings is 1. The number of nitro groups is 1. The lowest BCUT2D eigenvalue weighted by Crippen LogP contribution is -1.98. The number of halogens is 1. The van der Waals surface area contributed by atoms with Crippen molar-refractivity contribution < 1.29 is 19.2 Å². The number of hydrogen-bond donors (Lipinski definition) is 1. The molecule has 0 unspecified atom stereocenters. The molecule has 21 heavy (non-hydrogen) atoms. The van der Waals surface area contributed by atoms with Gasteiger partial charge in [0.2, 0.25) is 5.88 Å². The molecule has 0 aliphatic carbocycles. The molecule has 1 N–H and O–H groups in total. The second kappa shape index (κ2) is 5.84. The Bertz CT molecular complexity index is 689. The molecule has 0 aliphatic heterocycles. The van der Waals surface area contributed by atoms with Gasteiger partial charge in [-0.1, -0.05) is 0 Å². The van der Waals surface area contributed by atoms with E-state index in [9.17, 15) is 19.6 Å². The van der Waals surface area contributed by atoms with Gasteiger partial charge in [-0.15, -0.1) is 0 Å². The Morgan fingerprint density at radius 1 is 1.43 bits per heavy atom. The van der Waals surface area contributed by atoms with Crippen LogP contribution in [0, 0.1) is 22.9 Å². The molecule has 2 aromatic rings. The normalized spacial score (nSPS) is 12.0. The lowest BCUT2D eigenvalue weighted by Gasteiger charge is -2.09. The SMILES string of the molecule is Cc1cc(Oc2cc([C@@H](C)O)ccn2)c(F)cc1[N+](=O)[O-]. The highest BCUT2D eigenvalue weighted by Crippen LogP contribution is 2.30. The fourth-order valence-electron chi connectivity index (χ4n) is 1.77. The van der Waals surface area contributed by atoms with Crippen LogP contribution in [0.5, 0.6) is 11.6 Å². The number of hydrogen-bond acceptors (Lipinski definition) is 5. The van der Waals surface area contributed by atoms with Gasteiger partial charge in [0.25, 0.3) is 5.69 Å². The minimum absolute atomic E-state index is 0.0977. The fraction of sp³-hybridized carbons (Fsp3) is 0.214. The van der Waals surface area contributed by atoms with Crippen molar-refractivity contribution in [1.82, 2.24) is 4.98 Å². The summed E-state index contributed by atoms with van der Waals surface area (Å²) in [4.78, 5) is 14.0. The Morgan fingerprint density at radius 2 is 2.14 bits per heavy atom. The van der Waals surface area contributed by atoms with E-state index >= 15 is 0 Å². The molecule has 0 saturated carbocycles. The van der Waals surface area contributed by atoms with Gasteiger partial charge in [0.1, 0.15) is 0 Å². The molecule has 0 radical (unpaired) electrons. The minimum atomic E-state index is -0.850. The van der Waals surface area contributed by atoms with E-state index in [4.69, 9.17) is 4.74 Å². The van der Waals surface area contributed by atoms with Crippen molar-refractivity contribution in [2.45, 2.75) is 20.0 Å². The van der Waals surface area contributed by atoms with E-state index in [2.05, 4.69) is 4.98 Å². The molecule has 6 nitrogen and oxygen atoms in total. The Morgan fingerprint density at radius 3 is 2.76 bits per heavy atom. The van der Waals surface area contributed by atoms with Crippen LogP contribution in [0.2, 0.25) is 0 Å². The number of pyridine rings is 1. The largest absolute Gasteiger partial charge is 0.436 e. The number of aryl methyl sites for hydroxylation is 1. The Hall–Kier alpha value is -2.54. The van der Waals surface area contributed by atoms with Gasteiger partial charge < -0.3 is 9.84 Å². The van der Waals surface area contributed by atoms with Crippen LogP contribution in [0.15, 0.2) is 30.5 Å². The van der Waals surface area contributed by atoms with Gasteiger partial charge in [-0.2, -0.15) is 0 Å². The molecule has 0 saturated heterocycles. The second-order valence-corrected chi connectivity index (χ2v) is 4.53. The summed E-state index contributed by atoms with van der Waals surface area (Å²) in [7, 11) is 0. The summed E-state index contributed by atoms with van der Waals surface area (Å²) in [5.74, 6) is -0.912. The molecule has 1 aromatic heterocycles. The van der Waals surface area contributed by atoms with Crippen LogP contribution in [0.3, 0.4) is 0 Å². The van der Waals surface area contributed by atoms with Gasteiger partial charge in [-0.3, -0.25) is 10.1 Å². The lowest BCUT2D eigenvalue weighted by atomic mass is 10.2. The van der Waals surface area contributed by atoms with Crippen molar-refractivity contribution in [3.05, 3.63) is 57.5 Å². The van der Waals surface area contributed by atoms with Crippen molar-refractivity contribution in [3.8, 4) is 11.6 Å². The quantitative estimate of drug-likeness (QED) is 0.690. The van der Waals surface area contributed by atoms with E-state index in [0.717, 1.165) is 6.07 Å². The van der Waals surface area contributed by atoms with Crippen LogP contribution in [0.4, 0.5) is 10.1 Å². The van der Waals surface area contributed by atoms with Crippen LogP contribution in [-0.4, -0.2) is 15.0 Å². The third-order valence-corrected chi connectivity index (χ3v) is 2.90. The summed E-state index contributed by atoms with van der Waals surface area (Å²) >= 11 is 0. The first kappa shape index (κ1) is 14.9. The van der Waals surface area contributed by atoms with Crippen LogP contribution >= 0.6 is 0 Å². The van der Waals surface area contributed by atoms with E-state index in [1.165, 1.54) is 25.3 Å². The number of aliphatic hydroxyl groups is 1. The van der Waals surface area contributed by atoms with E-state index in [1.807, 2.05) is 0 Å². The number of aromatic nitrogens is 1. The molecule has 1 heterocycles. The van der Waals surface area contributed by atoms with Gasteiger partial charge in [0, 0.05) is 17.8 Å². The molecule has 0 fully saturated rings. The maximum atomic E-state index is 13.8. The first-order chi connectivity index (χ1) is 9.88. The first-order valence-corrected chi connectivity index (χ1v) is 6.15. The van der Waals surface area contributed by atoms with Gasteiger partial charge >= 0.3 is 0 Å². The van der Waals surface area contributed by atoms with Crippen molar-refractivity contribution in [2.75, 3.05) is 0 Å². The summed E-state index contributed by atoms with van der Waals surface area (Å²) < 4.78 is 19.1. The molecule has 1 aromatic carbocycles. The van der Waals surface area contributed by atoms with E-state index in [-0.39, 0.29) is 22.9 Å². The zero-order valence-corrected chi connectivity index (χ0v) is 11.4. The average molecular weight is 292 g/mol. The van der Waals surface area contributed by atoms with Crippen LogP contribution < -0.4 is 4.74 Å². The van der Waals surface area contributed by atoms with Crippen LogP contribution in [0.1, 0.15) is 24.2 Å². The summed E-state index contributed by atoms with van der Waals surface area (Å²) in [6.45, 7) is 3.07. The number of aliphatic hydroxyl groups excluding tert-OH is 1. The Kier molecular flexibility index (Phi) is 4.13. The average Bonchev–Trinajstić information content (AvgIpc) is 2.42. The standard InChI is InChI=1S/C14H13FN2O4/c1-8-5-13(11(15)7-12(8)17(19)20)21-14-6-10(9(2)18)3-4-16-14/h3-7,9,18H,1-2H3/t9-/m1/s1. The molecule has 2 rings (SSSR count). The fourth-order valence-corrected chi connectivity index (χ4v) is 1.77. The van der Waals surface area contributed by atoms with Crippen LogP contribution in [-0.2, 0) is 0 Å². The van der Waals surface area contributed by atoms with E-state index in [1.54, 1.807) is 13.0 Å². The van der Waals surface area contributed by atoms with E-state index in [0.29, 0.717) is 5.56 Å². The number of rotatable bonds is 4. The molecular weight excluding hydrogens is 279 g/mol. The maximum Gasteiger partial charge on any atom is 0.275 e. The lowest BCUT2D eigenvalue weighted by molar-refractivity contribution is -0.385. The zero-order chi connectivity index (χ0) is 15.6. The van der Waals surface area contributed by atoms with Gasteiger partial charge in [-0.05, 0) is 31.5 Å². The summed E-state index contributed by atoms with van der Waals surface area (Å²) in [5, 5.41) is 20.2. The topological polar surface area (TPSA) is 85.5 Å². The van der Waals surface area contributed by atoms with Gasteiger partial charge in [0.15, 0.2) is 11.6 Å². The third kappa shape index (κ3) is 3.32. The van der Waals surface area contributed by atoms with Crippen molar-refractivity contribution in [3.63, 3.8) is 0 Å². The second-order valence-electron chi connectivity index (χ2n) is 4.53. The number of nitro benzene ring substituents is 1. The molecular formula is C14H13FN2O4. The molecule has 7 heteroatoms. The molecule has 110 valence electrons. The van der Waals surface area contributed by atoms with Gasteiger partial charge in [-0.25, -0.2) is 9.37 Å². The monoisotopic (exact) mass is 292 g/mol. The smallest absolute Gasteiger partial charge is 0.275 e. The molecule has 0 spiro atoms. The molecule has 1 atom stereocenters. The number of ether oxygens (including phenoxy) is 1. The van der Waals surface area contributed by atoms with E-state index < -0.39 is 16.8 Å². The maximum absolute atomic E-state index is 13.8. The summed E-state index contributed by atoms with van der Waals surface area (Å²) in [5.41, 5.74) is 0.535. The third-order valence-electron chi connectivity index (χ3n) is 2.90. The minimum Gasteiger partial charge on any atom is -0.436 e. The first-order valence-electron chi connectivity index (χ1n) is 6.15. The van der Waals surface area contributed by atoms with Gasteiger partial charge in [0.05, 0.1) is 17.1 Å². The Balaban J connectivity index is 2.34. The van der Waals surface area contributed by atoms with Crippen LogP contribution in [0.25, 0.3) is 0 Å². The molecule has 0 amide bonds. The van der Waals surface area contributed by atoms with Crippen molar-refractivity contribution >= 4 is 5.69 Å². The summed E-state index contributed by atoms with van der Waals surface area (Å²) in [6, 6.07) is 5.13. The zero-order valence-electron chi connectivity index (χ0n) is 11.4. The molecule has 0 bridgehead atoms. The predicted octanol–water partition coefficient (Wildman–Crippen LogP) is 3.28. The highest BCUT2D eigenvalue weighted by atomic mass is 19.1. The van der Waals surface area contributed by atoms with Crippen molar-refractivity contribution in [2.24, 2.45) is 0 Å². The summed E-state index contributed by atoms with van der Waals surface area (Å²) in [6.07, 6.45) is 0.715. The highest BCUT2D eigenvalue weighted by Gasteiger charge is 2.17.